The number of pyridine rings is 1. The van der Waals surface area contributed by atoms with E-state index in [9.17, 15) is 14.7 Å². The summed E-state index contributed by atoms with van der Waals surface area (Å²) in [6, 6.07) is 5.30. The second-order valence-electron chi connectivity index (χ2n) is 11.7. The van der Waals surface area contributed by atoms with Gasteiger partial charge in [0.15, 0.2) is 0 Å². The lowest BCUT2D eigenvalue weighted by molar-refractivity contribution is -0.142. The topological polar surface area (TPSA) is 122 Å². The largest absolute Gasteiger partial charge is 0.480 e. The van der Waals surface area contributed by atoms with Crippen LogP contribution in [0, 0.1) is 12.3 Å². The zero-order valence-electron chi connectivity index (χ0n) is 24.3. The Hall–Kier alpha value is -3.14. The Kier molecular flexibility index (Phi) is 11.2. The van der Waals surface area contributed by atoms with Crippen molar-refractivity contribution in [2.45, 2.75) is 78.7 Å². The van der Waals surface area contributed by atoms with Gasteiger partial charge in [-0.3, -0.25) is 9.69 Å². The summed E-state index contributed by atoms with van der Waals surface area (Å²) >= 11 is 0. The summed E-state index contributed by atoms with van der Waals surface area (Å²) in [6.07, 6.45) is 5.67. The van der Waals surface area contributed by atoms with E-state index in [1.807, 2.05) is 40.8 Å². The molecule has 216 valence electrons. The standard InChI is InChI=1S/C29H46N6O4/c1-21-19-26(34(5)33-21)39-18-17-35(16-13-24(28(37)38)32-25(36)20-29(2,3)4)15-7-6-10-23-12-11-22-9-8-14-30-27(22)31-23/h11-12,19,24H,6-10,13-18,20H2,1-5H3,(H,30,31)(H,32,36)(H,37,38). The molecule has 0 bridgehead atoms. The number of fused-ring (bicyclic) bond motifs is 1. The fourth-order valence-electron chi connectivity index (χ4n) is 4.78. The summed E-state index contributed by atoms with van der Waals surface area (Å²) in [7, 11) is 1.85. The molecule has 0 saturated heterocycles. The molecule has 2 aromatic rings. The average molecular weight is 543 g/mol. The predicted molar refractivity (Wildman–Crippen MR) is 152 cm³/mol. The molecule has 1 unspecified atom stereocenters. The van der Waals surface area contributed by atoms with E-state index in [-0.39, 0.29) is 17.7 Å². The Balaban J connectivity index is 1.53. The summed E-state index contributed by atoms with van der Waals surface area (Å²) < 4.78 is 7.66. The third-order valence-electron chi connectivity index (χ3n) is 6.78. The molecule has 1 aliphatic heterocycles. The molecule has 0 radical (unpaired) electrons. The highest BCUT2D eigenvalue weighted by atomic mass is 16.5. The van der Waals surface area contributed by atoms with Crippen LogP contribution in [0.25, 0.3) is 0 Å². The number of nitrogens with zero attached hydrogens (tertiary/aromatic N) is 4. The molecule has 0 aliphatic carbocycles. The number of unbranched alkanes of at least 4 members (excludes halogenated alkanes) is 1. The number of hydrogen-bond donors (Lipinski definition) is 3. The minimum absolute atomic E-state index is 0.205. The highest BCUT2D eigenvalue weighted by Gasteiger charge is 2.24. The fourth-order valence-corrected chi connectivity index (χ4v) is 4.78. The number of carboxylic acid groups (broad SMARTS) is 1. The van der Waals surface area contributed by atoms with E-state index < -0.39 is 12.0 Å². The van der Waals surface area contributed by atoms with Crippen molar-refractivity contribution >= 4 is 17.7 Å². The SMILES string of the molecule is Cc1cc(OCCN(CCCCc2ccc3c(n2)NCCC3)CCC(NC(=O)CC(C)(C)C)C(=O)O)n(C)n1. The van der Waals surface area contributed by atoms with Crippen LogP contribution in [0.5, 0.6) is 5.88 Å². The summed E-state index contributed by atoms with van der Waals surface area (Å²) in [5, 5.41) is 20.2. The lowest BCUT2D eigenvalue weighted by Gasteiger charge is -2.25. The lowest BCUT2D eigenvalue weighted by atomic mass is 9.92. The van der Waals surface area contributed by atoms with Crippen molar-refractivity contribution in [3.63, 3.8) is 0 Å². The molecule has 0 aromatic carbocycles. The molecule has 0 fully saturated rings. The van der Waals surface area contributed by atoms with Gasteiger partial charge in [0.25, 0.3) is 0 Å². The van der Waals surface area contributed by atoms with E-state index in [1.165, 1.54) is 5.56 Å². The van der Waals surface area contributed by atoms with Gasteiger partial charge in [-0.05, 0) is 69.0 Å². The summed E-state index contributed by atoms with van der Waals surface area (Å²) in [5.41, 5.74) is 3.08. The van der Waals surface area contributed by atoms with Crippen LogP contribution in [0.2, 0.25) is 0 Å². The maximum Gasteiger partial charge on any atom is 0.326 e. The maximum absolute atomic E-state index is 12.4. The number of hydrogen-bond acceptors (Lipinski definition) is 7. The van der Waals surface area contributed by atoms with E-state index in [0.717, 1.165) is 62.4 Å². The molecular weight excluding hydrogens is 496 g/mol. The quantitative estimate of drug-likeness (QED) is 0.292. The van der Waals surface area contributed by atoms with Gasteiger partial charge < -0.3 is 20.5 Å². The first-order valence-corrected chi connectivity index (χ1v) is 14.1. The van der Waals surface area contributed by atoms with Crippen LogP contribution in [-0.2, 0) is 29.5 Å². The zero-order valence-corrected chi connectivity index (χ0v) is 24.3. The van der Waals surface area contributed by atoms with Gasteiger partial charge >= 0.3 is 5.97 Å². The van der Waals surface area contributed by atoms with E-state index >= 15 is 0 Å². The van der Waals surface area contributed by atoms with Crippen molar-refractivity contribution in [3.05, 3.63) is 35.2 Å². The van der Waals surface area contributed by atoms with Gasteiger partial charge in [0.1, 0.15) is 18.5 Å². The second kappa shape index (κ2) is 14.3. The van der Waals surface area contributed by atoms with Crippen LogP contribution in [0.15, 0.2) is 18.2 Å². The molecule has 2 aromatic heterocycles. The Labute approximate surface area is 232 Å². The molecule has 0 saturated carbocycles. The summed E-state index contributed by atoms with van der Waals surface area (Å²) in [4.78, 5) is 31.3. The van der Waals surface area contributed by atoms with Crippen molar-refractivity contribution < 1.29 is 19.4 Å². The monoisotopic (exact) mass is 542 g/mol. The van der Waals surface area contributed by atoms with Gasteiger partial charge in [-0.1, -0.05) is 26.8 Å². The van der Waals surface area contributed by atoms with Crippen LogP contribution in [0.1, 0.15) is 69.8 Å². The first kappa shape index (κ1) is 30.4. The van der Waals surface area contributed by atoms with Gasteiger partial charge in [-0.15, -0.1) is 0 Å². The minimum Gasteiger partial charge on any atom is -0.480 e. The van der Waals surface area contributed by atoms with E-state index in [2.05, 4.69) is 32.8 Å². The van der Waals surface area contributed by atoms with Gasteiger partial charge in [0.05, 0.1) is 5.69 Å². The number of nitrogens with one attached hydrogen (secondary N) is 2. The Bertz CT molecular complexity index is 1090. The number of aryl methyl sites for hydroxylation is 4. The van der Waals surface area contributed by atoms with Crippen LogP contribution in [0.4, 0.5) is 5.82 Å². The number of carboxylic acids is 1. The molecule has 3 heterocycles. The van der Waals surface area contributed by atoms with Crippen LogP contribution in [-0.4, -0.2) is 75.5 Å². The van der Waals surface area contributed by atoms with Crippen molar-refractivity contribution in [3.8, 4) is 5.88 Å². The number of carbonyl (C=O) groups excluding carboxylic acids is 1. The predicted octanol–water partition coefficient (Wildman–Crippen LogP) is 3.58. The molecule has 3 rings (SSSR count). The number of carbonyl (C=O) groups is 2. The second-order valence-corrected chi connectivity index (χ2v) is 11.7. The third kappa shape index (κ3) is 10.5. The number of rotatable bonds is 15. The van der Waals surface area contributed by atoms with Crippen LogP contribution >= 0.6 is 0 Å². The molecular formula is C29H46N6O4. The van der Waals surface area contributed by atoms with E-state index in [0.29, 0.717) is 32.0 Å². The first-order chi connectivity index (χ1) is 18.5. The summed E-state index contributed by atoms with van der Waals surface area (Å²) in [5.74, 6) is 0.489. The molecule has 3 N–H and O–H groups in total. The maximum atomic E-state index is 12.4. The first-order valence-electron chi connectivity index (χ1n) is 14.1. The van der Waals surface area contributed by atoms with Crippen molar-refractivity contribution in [2.24, 2.45) is 12.5 Å². The number of amides is 1. The van der Waals surface area contributed by atoms with Crippen molar-refractivity contribution in [1.29, 1.82) is 0 Å². The normalized spacial score (nSPS) is 14.0. The van der Waals surface area contributed by atoms with E-state index in [1.54, 1.807) is 4.68 Å². The highest BCUT2D eigenvalue weighted by Crippen LogP contribution is 2.21. The number of anilines is 1. The molecule has 10 nitrogen and oxygen atoms in total. The van der Waals surface area contributed by atoms with Gasteiger partial charge in [0, 0.05) is 44.9 Å². The van der Waals surface area contributed by atoms with Gasteiger partial charge in [-0.2, -0.15) is 5.10 Å². The zero-order chi connectivity index (χ0) is 28.4. The number of aromatic nitrogens is 3. The van der Waals surface area contributed by atoms with Gasteiger partial charge in [-0.25, -0.2) is 14.5 Å². The van der Waals surface area contributed by atoms with Crippen molar-refractivity contribution in [2.75, 3.05) is 38.1 Å². The molecule has 0 spiro atoms. The molecule has 10 heteroatoms. The minimum atomic E-state index is -1.01. The number of aliphatic carboxylic acids is 1. The van der Waals surface area contributed by atoms with Crippen LogP contribution in [0.3, 0.4) is 0 Å². The number of ether oxygens (including phenoxy) is 1. The molecule has 1 aliphatic rings. The molecule has 1 atom stereocenters. The Morgan fingerprint density at radius 1 is 1.23 bits per heavy atom. The Morgan fingerprint density at radius 2 is 2.03 bits per heavy atom. The fraction of sp³-hybridized carbons (Fsp3) is 0.655. The molecule has 39 heavy (non-hydrogen) atoms. The van der Waals surface area contributed by atoms with Crippen molar-refractivity contribution in [1.82, 2.24) is 25.0 Å². The average Bonchev–Trinajstić information content (AvgIpc) is 3.18. The lowest BCUT2D eigenvalue weighted by Crippen LogP contribution is -2.44. The smallest absolute Gasteiger partial charge is 0.326 e. The summed E-state index contributed by atoms with van der Waals surface area (Å²) in [6.45, 7) is 11.2. The Morgan fingerprint density at radius 3 is 2.72 bits per heavy atom. The highest BCUT2D eigenvalue weighted by molar-refractivity contribution is 5.83. The van der Waals surface area contributed by atoms with E-state index in [4.69, 9.17) is 9.72 Å². The van der Waals surface area contributed by atoms with Gasteiger partial charge in [0.2, 0.25) is 11.8 Å². The molecule has 1 amide bonds. The third-order valence-corrected chi connectivity index (χ3v) is 6.78. The van der Waals surface area contributed by atoms with Crippen LogP contribution < -0.4 is 15.4 Å².